The molecule has 2 unspecified atom stereocenters. The average Bonchev–Trinajstić information content (AvgIpc) is 2.87. The summed E-state index contributed by atoms with van der Waals surface area (Å²) in [5, 5.41) is 3.55. The van der Waals surface area contributed by atoms with Crippen LogP contribution in [-0.2, 0) is 0 Å². The molecular formula is C13H18N2O2. The standard InChI is InChI=1S/C13H18N2O2/c14-6-9-4-5-11(15-7-9)10-2-1-3-12-13(10)17-8-16-12/h1-3,9,11,15H,4-8,14H2. The first kappa shape index (κ1) is 10.9. The highest BCUT2D eigenvalue weighted by Gasteiger charge is 2.26. The topological polar surface area (TPSA) is 56.5 Å². The van der Waals surface area contributed by atoms with Crippen LogP contribution in [0.3, 0.4) is 0 Å². The molecule has 3 rings (SSSR count). The molecule has 4 nitrogen and oxygen atoms in total. The Morgan fingerprint density at radius 1 is 1.29 bits per heavy atom. The van der Waals surface area contributed by atoms with Crippen LogP contribution in [0.25, 0.3) is 0 Å². The number of hydrogen-bond donors (Lipinski definition) is 2. The molecule has 2 aliphatic rings. The molecule has 92 valence electrons. The van der Waals surface area contributed by atoms with Gasteiger partial charge >= 0.3 is 0 Å². The van der Waals surface area contributed by atoms with Gasteiger partial charge in [-0.3, -0.25) is 0 Å². The first-order chi connectivity index (χ1) is 8.38. The number of piperidine rings is 1. The number of nitrogens with one attached hydrogen (secondary N) is 1. The maximum absolute atomic E-state index is 5.69. The van der Waals surface area contributed by atoms with Crippen LogP contribution in [0, 0.1) is 5.92 Å². The van der Waals surface area contributed by atoms with Gasteiger partial charge in [0, 0.05) is 11.6 Å². The second-order valence-corrected chi connectivity index (χ2v) is 4.72. The van der Waals surface area contributed by atoms with Crippen molar-refractivity contribution in [3.05, 3.63) is 23.8 Å². The zero-order chi connectivity index (χ0) is 11.7. The summed E-state index contributed by atoms with van der Waals surface area (Å²) in [5.41, 5.74) is 6.91. The van der Waals surface area contributed by atoms with Gasteiger partial charge in [0.2, 0.25) is 6.79 Å². The molecule has 0 amide bonds. The molecule has 1 aromatic rings. The van der Waals surface area contributed by atoms with Crippen molar-refractivity contribution in [2.75, 3.05) is 19.9 Å². The summed E-state index contributed by atoms with van der Waals surface area (Å²) in [4.78, 5) is 0. The van der Waals surface area contributed by atoms with Gasteiger partial charge < -0.3 is 20.5 Å². The molecule has 0 aliphatic carbocycles. The number of hydrogen-bond acceptors (Lipinski definition) is 4. The molecule has 0 spiro atoms. The molecule has 2 atom stereocenters. The lowest BCUT2D eigenvalue weighted by molar-refractivity contribution is 0.172. The van der Waals surface area contributed by atoms with Crippen LogP contribution in [0.2, 0.25) is 0 Å². The first-order valence-electron chi connectivity index (χ1n) is 6.20. The molecule has 0 radical (unpaired) electrons. The molecule has 2 heterocycles. The van der Waals surface area contributed by atoms with E-state index in [9.17, 15) is 0 Å². The molecule has 0 aromatic heterocycles. The molecule has 1 aromatic carbocycles. The molecule has 3 N–H and O–H groups in total. The molecule has 1 saturated heterocycles. The monoisotopic (exact) mass is 234 g/mol. The lowest BCUT2D eigenvalue weighted by Gasteiger charge is -2.29. The Balaban J connectivity index is 1.79. The molecular weight excluding hydrogens is 216 g/mol. The Kier molecular flexibility index (Phi) is 2.91. The van der Waals surface area contributed by atoms with Gasteiger partial charge in [0.15, 0.2) is 11.5 Å². The normalized spacial score (nSPS) is 27.1. The fourth-order valence-electron chi connectivity index (χ4n) is 2.61. The van der Waals surface area contributed by atoms with Gasteiger partial charge in [-0.1, -0.05) is 12.1 Å². The summed E-state index contributed by atoms with van der Waals surface area (Å²) < 4.78 is 11.0. The molecule has 0 bridgehead atoms. The summed E-state index contributed by atoms with van der Waals surface area (Å²) in [6, 6.07) is 6.47. The van der Waals surface area contributed by atoms with Crippen LogP contribution in [-0.4, -0.2) is 19.9 Å². The van der Waals surface area contributed by atoms with E-state index >= 15 is 0 Å². The van der Waals surface area contributed by atoms with Crippen molar-refractivity contribution in [2.24, 2.45) is 11.7 Å². The van der Waals surface area contributed by atoms with Crippen molar-refractivity contribution in [1.29, 1.82) is 0 Å². The Bertz CT molecular complexity index is 400. The van der Waals surface area contributed by atoms with E-state index < -0.39 is 0 Å². The van der Waals surface area contributed by atoms with Gasteiger partial charge in [-0.05, 0) is 37.9 Å². The van der Waals surface area contributed by atoms with Crippen LogP contribution in [0.5, 0.6) is 11.5 Å². The third-order valence-corrected chi connectivity index (χ3v) is 3.65. The van der Waals surface area contributed by atoms with Crippen LogP contribution < -0.4 is 20.5 Å². The van der Waals surface area contributed by atoms with Crippen molar-refractivity contribution in [2.45, 2.75) is 18.9 Å². The Morgan fingerprint density at radius 3 is 3.00 bits per heavy atom. The Morgan fingerprint density at radius 2 is 2.24 bits per heavy atom. The van der Waals surface area contributed by atoms with Gasteiger partial charge in [0.1, 0.15) is 0 Å². The number of rotatable bonds is 2. The van der Waals surface area contributed by atoms with Gasteiger partial charge in [-0.2, -0.15) is 0 Å². The fraction of sp³-hybridized carbons (Fsp3) is 0.538. The molecule has 17 heavy (non-hydrogen) atoms. The smallest absolute Gasteiger partial charge is 0.231 e. The quantitative estimate of drug-likeness (QED) is 0.812. The molecule has 2 aliphatic heterocycles. The lowest BCUT2D eigenvalue weighted by atomic mass is 9.90. The zero-order valence-corrected chi connectivity index (χ0v) is 9.82. The predicted octanol–water partition coefficient (Wildman–Crippen LogP) is 1.41. The van der Waals surface area contributed by atoms with Crippen molar-refractivity contribution >= 4 is 0 Å². The Labute approximate surface area is 101 Å². The highest BCUT2D eigenvalue weighted by atomic mass is 16.7. The van der Waals surface area contributed by atoms with Crippen LogP contribution >= 0.6 is 0 Å². The van der Waals surface area contributed by atoms with Crippen molar-refractivity contribution in [1.82, 2.24) is 5.32 Å². The number of nitrogens with two attached hydrogens (primary N) is 1. The van der Waals surface area contributed by atoms with Gasteiger partial charge in [-0.25, -0.2) is 0 Å². The minimum absolute atomic E-state index is 0.338. The largest absolute Gasteiger partial charge is 0.454 e. The summed E-state index contributed by atoms with van der Waals surface area (Å²) in [6.07, 6.45) is 2.29. The summed E-state index contributed by atoms with van der Waals surface area (Å²) in [6.45, 7) is 2.10. The highest BCUT2D eigenvalue weighted by molar-refractivity contribution is 5.49. The van der Waals surface area contributed by atoms with E-state index in [1.807, 2.05) is 12.1 Å². The SMILES string of the molecule is NCC1CCC(c2cccc3c2OCO3)NC1. The summed E-state index contributed by atoms with van der Waals surface area (Å²) >= 11 is 0. The lowest BCUT2D eigenvalue weighted by Crippen LogP contribution is -2.36. The fourth-order valence-corrected chi connectivity index (χ4v) is 2.61. The number of para-hydroxylation sites is 1. The minimum Gasteiger partial charge on any atom is -0.454 e. The number of ether oxygens (including phenoxy) is 2. The van der Waals surface area contributed by atoms with E-state index in [2.05, 4.69) is 11.4 Å². The van der Waals surface area contributed by atoms with Gasteiger partial charge in [0.05, 0.1) is 0 Å². The number of benzene rings is 1. The van der Waals surface area contributed by atoms with Crippen LogP contribution in [0.1, 0.15) is 24.4 Å². The van der Waals surface area contributed by atoms with Crippen molar-refractivity contribution in [3.63, 3.8) is 0 Å². The number of fused-ring (bicyclic) bond motifs is 1. The third kappa shape index (κ3) is 1.98. The molecule has 1 fully saturated rings. The average molecular weight is 234 g/mol. The summed E-state index contributed by atoms with van der Waals surface area (Å²) in [7, 11) is 0. The van der Waals surface area contributed by atoms with E-state index in [4.69, 9.17) is 15.2 Å². The Hall–Kier alpha value is -1.26. The first-order valence-corrected chi connectivity index (χ1v) is 6.20. The molecule has 0 saturated carbocycles. The van der Waals surface area contributed by atoms with E-state index in [0.29, 0.717) is 18.8 Å². The van der Waals surface area contributed by atoms with Crippen LogP contribution in [0.15, 0.2) is 18.2 Å². The van der Waals surface area contributed by atoms with E-state index in [1.165, 1.54) is 12.0 Å². The zero-order valence-electron chi connectivity index (χ0n) is 9.82. The maximum Gasteiger partial charge on any atom is 0.231 e. The van der Waals surface area contributed by atoms with E-state index in [0.717, 1.165) is 31.0 Å². The molecule has 4 heteroatoms. The summed E-state index contributed by atoms with van der Waals surface area (Å²) in [5.74, 6) is 2.39. The second kappa shape index (κ2) is 4.55. The van der Waals surface area contributed by atoms with Gasteiger partial charge in [-0.15, -0.1) is 0 Å². The maximum atomic E-state index is 5.69. The second-order valence-electron chi connectivity index (χ2n) is 4.72. The van der Waals surface area contributed by atoms with E-state index in [1.54, 1.807) is 0 Å². The third-order valence-electron chi connectivity index (χ3n) is 3.65. The van der Waals surface area contributed by atoms with Crippen molar-refractivity contribution in [3.8, 4) is 11.5 Å². The van der Waals surface area contributed by atoms with Crippen molar-refractivity contribution < 1.29 is 9.47 Å². The predicted molar refractivity (Wildman–Crippen MR) is 65.1 cm³/mol. The van der Waals surface area contributed by atoms with Crippen LogP contribution in [0.4, 0.5) is 0 Å². The van der Waals surface area contributed by atoms with Gasteiger partial charge in [0.25, 0.3) is 0 Å². The minimum atomic E-state index is 0.338. The van der Waals surface area contributed by atoms with E-state index in [-0.39, 0.29) is 0 Å². The highest BCUT2D eigenvalue weighted by Crippen LogP contribution is 2.40.